The second-order valence-corrected chi connectivity index (χ2v) is 6.27. The monoisotopic (exact) mass is 357 g/mol. The molecule has 0 saturated heterocycles. The fourth-order valence-corrected chi connectivity index (χ4v) is 3.26. The summed E-state index contributed by atoms with van der Waals surface area (Å²) in [5.41, 5.74) is 10.4. The minimum absolute atomic E-state index is 0.464. The van der Waals surface area contributed by atoms with Gasteiger partial charge in [-0.3, -0.25) is 4.79 Å². The van der Waals surface area contributed by atoms with Gasteiger partial charge in [-0.05, 0) is 46.9 Å². The molecule has 0 spiro atoms. The van der Waals surface area contributed by atoms with Crippen molar-refractivity contribution in [3.05, 3.63) is 95.7 Å². The highest BCUT2D eigenvalue weighted by atomic mass is 19.1. The number of carbonyl (C=O) groups is 1. The number of primary amides is 1. The first-order chi connectivity index (χ1) is 13.1. The van der Waals surface area contributed by atoms with Gasteiger partial charge < -0.3 is 5.73 Å². The molecule has 4 nitrogen and oxygen atoms in total. The summed E-state index contributed by atoms with van der Waals surface area (Å²) in [7, 11) is 0. The number of benzene rings is 3. The number of carbonyl (C=O) groups excluding carboxylic acids is 1. The van der Waals surface area contributed by atoms with Gasteiger partial charge in [0.2, 0.25) is 5.91 Å². The van der Waals surface area contributed by atoms with Crippen LogP contribution in [-0.4, -0.2) is 15.9 Å². The summed E-state index contributed by atoms with van der Waals surface area (Å²) < 4.78 is 13.2. The Hall–Kier alpha value is -3.60. The Bertz CT molecular complexity index is 1140. The highest BCUT2D eigenvalue weighted by molar-refractivity contribution is 5.97. The van der Waals surface area contributed by atoms with E-state index in [0.29, 0.717) is 17.5 Å². The molecule has 0 radical (unpaired) electrons. The van der Waals surface area contributed by atoms with Crippen LogP contribution in [0, 0.1) is 6.08 Å². The summed E-state index contributed by atoms with van der Waals surface area (Å²) in [6.07, 6.45) is 1.28. The first-order valence-corrected chi connectivity index (χ1v) is 8.50. The number of rotatable bonds is 4. The lowest BCUT2D eigenvalue weighted by Gasteiger charge is -2.14. The Morgan fingerprint density at radius 1 is 1.00 bits per heavy atom. The van der Waals surface area contributed by atoms with Crippen molar-refractivity contribution < 1.29 is 9.18 Å². The van der Waals surface area contributed by atoms with E-state index in [1.165, 1.54) is 6.20 Å². The lowest BCUT2D eigenvalue weighted by atomic mass is 9.90. The van der Waals surface area contributed by atoms with Crippen LogP contribution in [0.2, 0.25) is 0 Å². The number of halogens is 1. The third-order valence-corrected chi connectivity index (χ3v) is 4.53. The molecule has 132 valence electrons. The first kappa shape index (κ1) is 16.8. The van der Waals surface area contributed by atoms with E-state index < -0.39 is 12.0 Å². The number of nitrogens with zero attached hydrogens (tertiary/aromatic N) is 2. The van der Waals surface area contributed by atoms with Crippen molar-refractivity contribution in [1.29, 1.82) is 0 Å². The van der Waals surface area contributed by atoms with E-state index in [2.05, 4.69) is 9.97 Å². The maximum Gasteiger partial charge on any atom is 0.309 e. The van der Waals surface area contributed by atoms with Gasteiger partial charge in [0.15, 0.2) is 0 Å². The van der Waals surface area contributed by atoms with Gasteiger partial charge in [-0.15, -0.1) is 0 Å². The minimum Gasteiger partial charge on any atom is -0.366 e. The zero-order valence-electron chi connectivity index (χ0n) is 14.4. The second kappa shape index (κ2) is 6.96. The van der Waals surface area contributed by atoms with Gasteiger partial charge in [0.25, 0.3) is 0 Å². The smallest absolute Gasteiger partial charge is 0.309 e. The summed E-state index contributed by atoms with van der Waals surface area (Å²) in [4.78, 5) is 19.4. The van der Waals surface area contributed by atoms with E-state index in [4.69, 9.17) is 5.73 Å². The summed E-state index contributed by atoms with van der Waals surface area (Å²) in [5.74, 6) is -0.464. The molecular weight excluding hydrogens is 341 g/mol. The molecule has 4 aromatic rings. The highest BCUT2D eigenvalue weighted by Gasteiger charge is 2.15. The van der Waals surface area contributed by atoms with Gasteiger partial charge in [-0.2, -0.15) is 4.39 Å². The van der Waals surface area contributed by atoms with Crippen LogP contribution in [0.3, 0.4) is 0 Å². The summed E-state index contributed by atoms with van der Waals surface area (Å²) in [6.45, 7) is 0. The van der Waals surface area contributed by atoms with Crippen LogP contribution in [0.25, 0.3) is 22.0 Å². The van der Waals surface area contributed by atoms with Crippen molar-refractivity contribution >= 4 is 16.8 Å². The second-order valence-electron chi connectivity index (χ2n) is 6.27. The average Bonchev–Trinajstić information content (AvgIpc) is 2.68. The zero-order chi connectivity index (χ0) is 18.8. The number of nitrogens with two attached hydrogens (primary N) is 1. The molecular formula is C22H16FN3O. The van der Waals surface area contributed by atoms with Gasteiger partial charge in [0, 0.05) is 17.1 Å². The van der Waals surface area contributed by atoms with E-state index in [0.717, 1.165) is 27.6 Å². The number of hydrogen-bond donors (Lipinski definition) is 1. The molecule has 0 saturated carbocycles. The Balaban J connectivity index is 1.88. The van der Waals surface area contributed by atoms with Gasteiger partial charge in [0.05, 0.1) is 5.52 Å². The summed E-state index contributed by atoms with van der Waals surface area (Å²) in [5, 5.41) is 0.726. The van der Waals surface area contributed by atoms with E-state index >= 15 is 0 Å². The van der Waals surface area contributed by atoms with Crippen LogP contribution < -0.4 is 5.73 Å². The lowest BCUT2D eigenvalue weighted by molar-refractivity contribution is 0.0999. The van der Waals surface area contributed by atoms with Gasteiger partial charge in [0.1, 0.15) is 0 Å². The van der Waals surface area contributed by atoms with E-state index in [1.54, 1.807) is 12.1 Å². The van der Waals surface area contributed by atoms with Crippen LogP contribution in [-0.2, 0) is 6.42 Å². The Kier molecular flexibility index (Phi) is 4.34. The van der Waals surface area contributed by atoms with E-state index in [9.17, 15) is 9.18 Å². The molecule has 1 amide bonds. The first-order valence-electron chi connectivity index (χ1n) is 8.50. The van der Waals surface area contributed by atoms with Gasteiger partial charge >= 0.3 is 6.08 Å². The molecule has 0 bridgehead atoms. The zero-order valence-corrected chi connectivity index (χ0v) is 14.4. The molecule has 5 heteroatoms. The average molecular weight is 357 g/mol. The Morgan fingerprint density at radius 2 is 1.81 bits per heavy atom. The minimum atomic E-state index is -0.754. The number of fused-ring (bicyclic) bond motifs is 1. The van der Waals surface area contributed by atoms with Crippen molar-refractivity contribution in [2.75, 3.05) is 0 Å². The number of hydrogen-bond acceptors (Lipinski definition) is 3. The van der Waals surface area contributed by atoms with Crippen molar-refractivity contribution in [1.82, 2.24) is 9.97 Å². The van der Waals surface area contributed by atoms with Crippen LogP contribution in [0.5, 0.6) is 0 Å². The fraction of sp³-hybridized carbons (Fsp3) is 0.0455. The molecule has 1 aromatic heterocycles. The molecule has 0 atom stereocenters. The van der Waals surface area contributed by atoms with Crippen LogP contribution >= 0.6 is 0 Å². The molecule has 0 aliphatic carbocycles. The molecule has 2 N–H and O–H groups in total. The maximum atomic E-state index is 13.2. The molecule has 0 aliphatic heterocycles. The van der Waals surface area contributed by atoms with Gasteiger partial charge in [-0.1, -0.05) is 48.5 Å². The highest BCUT2D eigenvalue weighted by Crippen LogP contribution is 2.30. The van der Waals surface area contributed by atoms with Crippen LogP contribution in [0.1, 0.15) is 21.5 Å². The fourth-order valence-electron chi connectivity index (χ4n) is 3.26. The molecule has 0 fully saturated rings. The Labute approximate surface area is 155 Å². The topological polar surface area (TPSA) is 68.9 Å². The van der Waals surface area contributed by atoms with Gasteiger partial charge in [-0.25, -0.2) is 9.97 Å². The molecule has 3 aromatic carbocycles. The third-order valence-electron chi connectivity index (χ3n) is 4.53. The number of aromatic nitrogens is 2. The molecule has 0 aliphatic rings. The number of amides is 1. The van der Waals surface area contributed by atoms with Crippen LogP contribution in [0.15, 0.2) is 72.9 Å². The predicted octanol–water partition coefficient (Wildman–Crippen LogP) is 4.13. The van der Waals surface area contributed by atoms with Crippen molar-refractivity contribution in [3.8, 4) is 11.1 Å². The molecule has 0 unspecified atom stereocenters. The Morgan fingerprint density at radius 3 is 2.59 bits per heavy atom. The predicted molar refractivity (Wildman–Crippen MR) is 103 cm³/mol. The van der Waals surface area contributed by atoms with E-state index in [1.807, 2.05) is 54.6 Å². The molecule has 4 rings (SSSR count). The SMILES string of the molecule is NC(=O)c1cccc(-c2ccc3nc(F)ncc3c2)c1Cc1ccccc1. The normalized spacial score (nSPS) is 10.9. The standard InChI is InChI=1S/C22H16FN3O/c23-22-25-13-16-12-15(9-10-20(16)26-22)17-7-4-8-18(21(24)27)19(17)11-14-5-2-1-3-6-14/h1-10,12-13H,11H2,(H2,24,27). The maximum absolute atomic E-state index is 13.2. The van der Waals surface area contributed by atoms with Crippen molar-refractivity contribution in [2.24, 2.45) is 5.73 Å². The lowest BCUT2D eigenvalue weighted by Crippen LogP contribution is -2.14. The van der Waals surface area contributed by atoms with E-state index in [-0.39, 0.29) is 0 Å². The molecule has 1 heterocycles. The van der Waals surface area contributed by atoms with Crippen molar-refractivity contribution in [2.45, 2.75) is 6.42 Å². The quantitative estimate of drug-likeness (QED) is 0.559. The largest absolute Gasteiger partial charge is 0.366 e. The summed E-state index contributed by atoms with van der Waals surface area (Å²) >= 11 is 0. The third kappa shape index (κ3) is 3.40. The summed E-state index contributed by atoms with van der Waals surface area (Å²) in [6, 6.07) is 20.9. The van der Waals surface area contributed by atoms with Crippen molar-refractivity contribution in [3.63, 3.8) is 0 Å². The van der Waals surface area contributed by atoms with Crippen LogP contribution in [0.4, 0.5) is 4.39 Å². The molecule has 27 heavy (non-hydrogen) atoms.